The Hall–Kier alpha value is -1.33. The van der Waals surface area contributed by atoms with Crippen molar-refractivity contribution in [3.05, 3.63) is 32.8 Å². The zero-order chi connectivity index (χ0) is 14.9. The summed E-state index contributed by atoms with van der Waals surface area (Å²) in [4.78, 5) is 12.4. The van der Waals surface area contributed by atoms with Gasteiger partial charge in [-0.25, -0.2) is 0 Å². The molecule has 0 amide bonds. The van der Waals surface area contributed by atoms with Crippen LogP contribution in [0.5, 0.6) is 0 Å². The molecule has 1 aromatic carbocycles. The van der Waals surface area contributed by atoms with Crippen LogP contribution in [0.25, 0.3) is 0 Å². The van der Waals surface area contributed by atoms with Gasteiger partial charge in [0.25, 0.3) is 5.69 Å². The number of nitro benzene ring substituents is 1. The van der Waals surface area contributed by atoms with E-state index in [2.05, 4.69) is 0 Å². The second kappa shape index (κ2) is 5.97. The number of halogens is 1. The summed E-state index contributed by atoms with van der Waals surface area (Å²) in [7, 11) is 1.91. The van der Waals surface area contributed by atoms with Crippen molar-refractivity contribution >= 4 is 23.0 Å². The summed E-state index contributed by atoms with van der Waals surface area (Å²) in [5.41, 5.74) is 1.55. The lowest BCUT2D eigenvalue weighted by atomic mass is 9.91. The van der Waals surface area contributed by atoms with E-state index >= 15 is 0 Å². The molecule has 1 N–H and O–H groups in total. The van der Waals surface area contributed by atoms with Gasteiger partial charge in [0.05, 0.1) is 17.1 Å². The molecule has 1 aliphatic carbocycles. The molecule has 0 heterocycles. The molecule has 0 bridgehead atoms. The van der Waals surface area contributed by atoms with E-state index in [0.717, 1.165) is 36.9 Å². The largest absolute Gasteiger partial charge is 0.391 e. The Morgan fingerprint density at radius 3 is 2.65 bits per heavy atom. The summed E-state index contributed by atoms with van der Waals surface area (Å²) < 4.78 is 0. The van der Waals surface area contributed by atoms with Crippen molar-refractivity contribution in [3.8, 4) is 0 Å². The highest BCUT2D eigenvalue weighted by Gasteiger charge is 2.28. The first-order chi connectivity index (χ1) is 9.41. The Morgan fingerprint density at radius 1 is 1.40 bits per heavy atom. The van der Waals surface area contributed by atoms with Crippen LogP contribution in [0, 0.1) is 17.0 Å². The summed E-state index contributed by atoms with van der Waals surface area (Å²) in [6.45, 7) is 1.82. The smallest absolute Gasteiger partial charge is 0.288 e. The van der Waals surface area contributed by atoms with Crippen LogP contribution in [-0.2, 0) is 0 Å². The number of benzene rings is 1. The van der Waals surface area contributed by atoms with Crippen LogP contribution in [-0.4, -0.2) is 29.2 Å². The molecule has 2 atom stereocenters. The highest BCUT2D eigenvalue weighted by atomic mass is 35.5. The lowest BCUT2D eigenvalue weighted by Crippen LogP contribution is -2.43. The number of anilines is 1. The maximum absolute atomic E-state index is 10.9. The van der Waals surface area contributed by atoms with Gasteiger partial charge in [-0.3, -0.25) is 10.1 Å². The zero-order valence-corrected chi connectivity index (χ0v) is 12.4. The number of aliphatic hydroxyl groups is 1. The van der Waals surface area contributed by atoms with Crippen molar-refractivity contribution in [3.63, 3.8) is 0 Å². The van der Waals surface area contributed by atoms with Crippen LogP contribution in [0.3, 0.4) is 0 Å². The van der Waals surface area contributed by atoms with Crippen molar-refractivity contribution in [2.45, 2.75) is 44.8 Å². The second-order valence-corrected chi connectivity index (χ2v) is 5.78. The number of aliphatic hydroxyl groups excluding tert-OH is 1. The predicted octanol–water partition coefficient (Wildman–Crippen LogP) is 3.30. The van der Waals surface area contributed by atoms with Gasteiger partial charge in [-0.1, -0.05) is 24.4 Å². The highest BCUT2D eigenvalue weighted by molar-refractivity contribution is 6.33. The molecule has 2 unspecified atom stereocenters. The van der Waals surface area contributed by atoms with Gasteiger partial charge in [-0.2, -0.15) is 0 Å². The molecule has 20 heavy (non-hydrogen) atoms. The molecular weight excluding hydrogens is 280 g/mol. The number of hydrogen-bond acceptors (Lipinski definition) is 4. The van der Waals surface area contributed by atoms with E-state index in [0.29, 0.717) is 0 Å². The number of aryl methyl sites for hydroxylation is 1. The Morgan fingerprint density at radius 2 is 2.05 bits per heavy atom. The van der Waals surface area contributed by atoms with Gasteiger partial charge >= 0.3 is 0 Å². The average molecular weight is 299 g/mol. The topological polar surface area (TPSA) is 66.6 Å². The Bertz CT molecular complexity index is 521. The Balaban J connectivity index is 2.32. The summed E-state index contributed by atoms with van der Waals surface area (Å²) >= 11 is 5.98. The number of rotatable bonds is 3. The Labute approximate surface area is 123 Å². The first-order valence-electron chi connectivity index (χ1n) is 6.77. The fraction of sp³-hybridized carbons (Fsp3) is 0.571. The molecule has 0 aromatic heterocycles. The molecule has 0 spiro atoms. The zero-order valence-electron chi connectivity index (χ0n) is 11.7. The number of likely N-dealkylation sites (N-methyl/N-ethyl adjacent to an activating group) is 1. The van der Waals surface area contributed by atoms with Gasteiger partial charge in [-0.05, 0) is 31.4 Å². The third-order valence-corrected chi connectivity index (χ3v) is 4.34. The third kappa shape index (κ3) is 2.88. The van der Waals surface area contributed by atoms with E-state index in [9.17, 15) is 15.2 Å². The predicted molar refractivity (Wildman–Crippen MR) is 79.5 cm³/mol. The van der Waals surface area contributed by atoms with Gasteiger partial charge in [0.1, 0.15) is 5.02 Å². The minimum absolute atomic E-state index is 0.0416. The van der Waals surface area contributed by atoms with Gasteiger partial charge in [0, 0.05) is 18.8 Å². The van der Waals surface area contributed by atoms with Gasteiger partial charge in [0.2, 0.25) is 0 Å². The fourth-order valence-corrected chi connectivity index (χ4v) is 3.12. The van der Waals surface area contributed by atoms with Crippen molar-refractivity contribution < 1.29 is 10.0 Å². The first-order valence-corrected chi connectivity index (χ1v) is 7.15. The van der Waals surface area contributed by atoms with Crippen molar-refractivity contribution in [2.24, 2.45) is 0 Å². The van der Waals surface area contributed by atoms with E-state index in [-0.39, 0.29) is 22.9 Å². The maximum atomic E-state index is 10.9. The molecule has 0 aliphatic heterocycles. The van der Waals surface area contributed by atoms with Gasteiger partial charge in [0.15, 0.2) is 0 Å². The molecule has 6 heteroatoms. The normalized spacial score (nSPS) is 22.6. The van der Waals surface area contributed by atoms with Crippen molar-refractivity contribution in [2.75, 3.05) is 11.9 Å². The first kappa shape index (κ1) is 15.1. The molecule has 110 valence electrons. The van der Waals surface area contributed by atoms with Crippen LogP contribution in [0.15, 0.2) is 12.1 Å². The van der Waals surface area contributed by atoms with Crippen LogP contribution in [0.4, 0.5) is 11.4 Å². The molecular formula is C14H19ClN2O3. The van der Waals surface area contributed by atoms with E-state index in [4.69, 9.17) is 11.6 Å². The third-order valence-electron chi connectivity index (χ3n) is 4.03. The quantitative estimate of drug-likeness (QED) is 0.687. The monoisotopic (exact) mass is 298 g/mol. The summed E-state index contributed by atoms with van der Waals surface area (Å²) in [6, 6.07) is 3.15. The number of hydrogen-bond donors (Lipinski definition) is 1. The summed E-state index contributed by atoms with van der Waals surface area (Å²) in [5.74, 6) is 0. The molecule has 0 saturated heterocycles. The summed E-state index contributed by atoms with van der Waals surface area (Å²) in [5, 5.41) is 21.1. The Kier molecular flexibility index (Phi) is 4.50. The minimum atomic E-state index is -0.478. The van der Waals surface area contributed by atoms with Crippen LogP contribution in [0.1, 0.15) is 31.2 Å². The molecule has 1 aromatic rings. The van der Waals surface area contributed by atoms with E-state index in [1.165, 1.54) is 6.07 Å². The molecule has 0 radical (unpaired) electrons. The van der Waals surface area contributed by atoms with E-state index < -0.39 is 4.92 Å². The molecule has 1 aliphatic rings. The number of nitro groups is 1. The minimum Gasteiger partial charge on any atom is -0.391 e. The highest BCUT2D eigenvalue weighted by Crippen LogP contribution is 2.35. The van der Waals surface area contributed by atoms with Crippen molar-refractivity contribution in [1.82, 2.24) is 0 Å². The summed E-state index contributed by atoms with van der Waals surface area (Å²) in [6.07, 6.45) is 3.50. The lowest BCUT2D eigenvalue weighted by molar-refractivity contribution is -0.384. The van der Waals surface area contributed by atoms with Gasteiger partial charge < -0.3 is 10.0 Å². The van der Waals surface area contributed by atoms with Crippen molar-refractivity contribution in [1.29, 1.82) is 0 Å². The standard InChI is InChI=1S/C14H19ClN2O3/c1-9-7-13(17(19)20)10(15)8-12(9)16(2)11-5-3-4-6-14(11)18/h7-8,11,14,18H,3-6H2,1-2H3. The van der Waals surface area contributed by atoms with E-state index in [1.54, 1.807) is 6.07 Å². The van der Waals surface area contributed by atoms with Gasteiger partial charge in [-0.15, -0.1) is 0 Å². The molecule has 2 rings (SSSR count). The van der Waals surface area contributed by atoms with E-state index in [1.807, 2.05) is 18.9 Å². The average Bonchev–Trinajstić information content (AvgIpc) is 2.40. The molecule has 5 nitrogen and oxygen atoms in total. The lowest BCUT2D eigenvalue weighted by Gasteiger charge is -2.37. The van der Waals surface area contributed by atoms with Crippen LogP contribution in [0.2, 0.25) is 5.02 Å². The number of nitrogens with zero attached hydrogens (tertiary/aromatic N) is 2. The SMILES string of the molecule is Cc1cc([N+](=O)[O-])c(Cl)cc1N(C)C1CCCCC1O. The maximum Gasteiger partial charge on any atom is 0.288 e. The fourth-order valence-electron chi connectivity index (χ4n) is 2.90. The van der Waals surface area contributed by atoms with Crippen LogP contribution < -0.4 is 4.90 Å². The molecule has 1 fully saturated rings. The second-order valence-electron chi connectivity index (χ2n) is 5.38. The molecule has 1 saturated carbocycles. The van der Waals surface area contributed by atoms with Crippen LogP contribution >= 0.6 is 11.6 Å².